The molecule has 2 aromatic rings. The minimum Gasteiger partial charge on any atom is -0.398 e. The summed E-state index contributed by atoms with van der Waals surface area (Å²) in [5, 5.41) is 13.2. The third kappa shape index (κ3) is 2.79. The Labute approximate surface area is 110 Å². The van der Waals surface area contributed by atoms with Crippen LogP contribution in [-0.2, 0) is 13.0 Å². The summed E-state index contributed by atoms with van der Waals surface area (Å²) in [4.78, 5) is 5.61. The van der Waals surface area contributed by atoms with Gasteiger partial charge >= 0.3 is 0 Å². The first-order valence-corrected chi connectivity index (χ1v) is 6.51. The molecule has 0 unspecified atom stereocenters. The first kappa shape index (κ1) is 12.4. The molecule has 1 aromatic heterocycles. The molecule has 0 aliphatic carbocycles. The molecule has 0 spiro atoms. The van der Waals surface area contributed by atoms with Crippen LogP contribution in [0.15, 0.2) is 24.4 Å². The molecule has 0 atom stereocenters. The number of nitrogens with two attached hydrogens (primary N) is 1. The van der Waals surface area contributed by atoms with Gasteiger partial charge in [0, 0.05) is 22.4 Å². The average Bonchev–Trinajstić information content (AvgIpc) is 2.86. The minimum atomic E-state index is 0.494. The van der Waals surface area contributed by atoms with Gasteiger partial charge in [0.25, 0.3) is 0 Å². The highest BCUT2D eigenvalue weighted by Gasteiger charge is 2.02. The van der Waals surface area contributed by atoms with Crippen LogP contribution >= 0.6 is 11.3 Å². The number of rotatable bonds is 4. The second kappa shape index (κ2) is 5.52. The SMILES string of the molecule is CCc1cnc(CNc2ccc(N)c(C#N)c2)s1. The lowest BCUT2D eigenvalue weighted by molar-refractivity contribution is 1.09. The van der Waals surface area contributed by atoms with Crippen molar-refractivity contribution in [1.29, 1.82) is 5.26 Å². The highest BCUT2D eigenvalue weighted by atomic mass is 32.1. The van der Waals surface area contributed by atoms with Crippen LogP contribution in [0.3, 0.4) is 0 Å². The van der Waals surface area contributed by atoms with E-state index in [-0.39, 0.29) is 0 Å². The molecule has 4 nitrogen and oxygen atoms in total. The van der Waals surface area contributed by atoms with Gasteiger partial charge in [-0.2, -0.15) is 5.26 Å². The van der Waals surface area contributed by atoms with E-state index in [0.717, 1.165) is 17.1 Å². The van der Waals surface area contributed by atoms with E-state index in [1.165, 1.54) is 4.88 Å². The molecule has 0 saturated carbocycles. The Morgan fingerprint density at radius 1 is 1.50 bits per heavy atom. The summed E-state index contributed by atoms with van der Waals surface area (Å²) in [5.74, 6) is 0. The molecule has 92 valence electrons. The molecular weight excluding hydrogens is 244 g/mol. The van der Waals surface area contributed by atoms with Crippen molar-refractivity contribution < 1.29 is 0 Å². The second-order valence-corrected chi connectivity index (χ2v) is 5.04. The number of aryl methyl sites for hydroxylation is 1. The standard InChI is InChI=1S/C13H14N4S/c1-2-11-7-17-13(18-11)8-16-10-3-4-12(15)9(5-10)6-14/h3-5,7,16H,2,8,15H2,1H3. The summed E-state index contributed by atoms with van der Waals surface area (Å²) in [6, 6.07) is 7.42. The molecule has 0 saturated heterocycles. The number of aromatic nitrogens is 1. The molecule has 0 radical (unpaired) electrons. The largest absolute Gasteiger partial charge is 0.398 e. The van der Waals surface area contributed by atoms with Crippen molar-refractivity contribution >= 4 is 22.7 Å². The number of hydrogen-bond acceptors (Lipinski definition) is 5. The zero-order valence-corrected chi connectivity index (χ0v) is 10.9. The van der Waals surface area contributed by atoms with Crippen LogP contribution in [0.2, 0.25) is 0 Å². The summed E-state index contributed by atoms with van der Waals surface area (Å²) in [7, 11) is 0. The zero-order valence-electron chi connectivity index (χ0n) is 10.1. The van der Waals surface area contributed by atoms with Gasteiger partial charge in [-0.25, -0.2) is 4.98 Å². The van der Waals surface area contributed by atoms with E-state index < -0.39 is 0 Å². The van der Waals surface area contributed by atoms with E-state index in [9.17, 15) is 0 Å². The fourth-order valence-electron chi connectivity index (χ4n) is 1.53. The topological polar surface area (TPSA) is 74.7 Å². The summed E-state index contributed by atoms with van der Waals surface area (Å²) in [6.45, 7) is 2.78. The number of hydrogen-bond donors (Lipinski definition) is 2. The first-order chi connectivity index (χ1) is 8.72. The van der Waals surface area contributed by atoms with Gasteiger partial charge in [0.15, 0.2) is 0 Å². The molecule has 0 aliphatic heterocycles. The number of benzene rings is 1. The average molecular weight is 258 g/mol. The van der Waals surface area contributed by atoms with Gasteiger partial charge in [0.2, 0.25) is 0 Å². The first-order valence-electron chi connectivity index (χ1n) is 5.70. The third-order valence-electron chi connectivity index (χ3n) is 2.57. The minimum absolute atomic E-state index is 0.494. The fourth-order valence-corrected chi connectivity index (χ4v) is 2.34. The highest BCUT2D eigenvalue weighted by molar-refractivity contribution is 7.11. The maximum atomic E-state index is 8.90. The Hall–Kier alpha value is -2.06. The quantitative estimate of drug-likeness (QED) is 0.827. The number of nitrogens with zero attached hydrogens (tertiary/aromatic N) is 2. The van der Waals surface area contributed by atoms with Crippen molar-refractivity contribution in [3.63, 3.8) is 0 Å². The van der Waals surface area contributed by atoms with Gasteiger partial charge in [-0.15, -0.1) is 11.3 Å². The van der Waals surface area contributed by atoms with Crippen LogP contribution in [0.4, 0.5) is 11.4 Å². The van der Waals surface area contributed by atoms with Crippen molar-refractivity contribution in [1.82, 2.24) is 4.98 Å². The Kier molecular flexibility index (Phi) is 3.80. The lowest BCUT2D eigenvalue weighted by Gasteiger charge is -2.05. The van der Waals surface area contributed by atoms with Crippen molar-refractivity contribution in [2.75, 3.05) is 11.1 Å². The Morgan fingerprint density at radius 3 is 3.00 bits per heavy atom. The Bertz CT molecular complexity index is 583. The molecule has 0 fully saturated rings. The Balaban J connectivity index is 2.04. The zero-order chi connectivity index (χ0) is 13.0. The number of nitrogens with one attached hydrogen (secondary N) is 1. The molecular formula is C13H14N4S. The molecule has 5 heteroatoms. The van der Waals surface area contributed by atoms with Crippen molar-refractivity contribution in [2.24, 2.45) is 0 Å². The van der Waals surface area contributed by atoms with E-state index in [1.807, 2.05) is 12.3 Å². The molecule has 18 heavy (non-hydrogen) atoms. The van der Waals surface area contributed by atoms with Gasteiger partial charge in [0.1, 0.15) is 11.1 Å². The second-order valence-electron chi connectivity index (χ2n) is 3.84. The predicted molar refractivity (Wildman–Crippen MR) is 74.4 cm³/mol. The third-order valence-corrected chi connectivity index (χ3v) is 3.71. The molecule has 3 N–H and O–H groups in total. The van der Waals surface area contributed by atoms with E-state index in [2.05, 4.69) is 23.3 Å². The van der Waals surface area contributed by atoms with E-state index in [4.69, 9.17) is 11.0 Å². The maximum Gasteiger partial charge on any atom is 0.112 e. The van der Waals surface area contributed by atoms with Gasteiger partial charge in [-0.05, 0) is 24.6 Å². The smallest absolute Gasteiger partial charge is 0.112 e. The highest BCUT2D eigenvalue weighted by Crippen LogP contribution is 2.19. The van der Waals surface area contributed by atoms with Crippen LogP contribution < -0.4 is 11.1 Å². The predicted octanol–water partition coefficient (Wildman–Crippen LogP) is 2.77. The van der Waals surface area contributed by atoms with Gasteiger partial charge in [-0.1, -0.05) is 6.92 Å². The monoisotopic (exact) mass is 258 g/mol. The van der Waals surface area contributed by atoms with Gasteiger partial charge < -0.3 is 11.1 Å². The van der Waals surface area contributed by atoms with Crippen LogP contribution in [-0.4, -0.2) is 4.98 Å². The lowest BCUT2D eigenvalue weighted by atomic mass is 10.2. The number of thiazole rings is 1. The maximum absolute atomic E-state index is 8.90. The van der Waals surface area contributed by atoms with E-state index in [1.54, 1.807) is 23.5 Å². The van der Waals surface area contributed by atoms with Crippen LogP contribution in [0.1, 0.15) is 22.4 Å². The number of anilines is 2. The molecule has 1 aromatic carbocycles. The van der Waals surface area contributed by atoms with Crippen molar-refractivity contribution in [3.8, 4) is 6.07 Å². The van der Waals surface area contributed by atoms with Crippen LogP contribution in [0.25, 0.3) is 0 Å². The summed E-state index contributed by atoms with van der Waals surface area (Å²) in [6.07, 6.45) is 2.92. The molecule has 1 heterocycles. The molecule has 0 amide bonds. The molecule has 0 bridgehead atoms. The summed E-state index contributed by atoms with van der Waals surface area (Å²) < 4.78 is 0. The van der Waals surface area contributed by atoms with Crippen molar-refractivity contribution in [2.45, 2.75) is 19.9 Å². The van der Waals surface area contributed by atoms with Crippen LogP contribution in [0, 0.1) is 11.3 Å². The van der Waals surface area contributed by atoms with E-state index >= 15 is 0 Å². The Morgan fingerprint density at radius 2 is 2.33 bits per heavy atom. The number of nitriles is 1. The van der Waals surface area contributed by atoms with Gasteiger partial charge in [0.05, 0.1) is 12.1 Å². The molecule has 0 aliphatic rings. The fraction of sp³-hybridized carbons (Fsp3) is 0.231. The van der Waals surface area contributed by atoms with Gasteiger partial charge in [-0.3, -0.25) is 0 Å². The lowest BCUT2D eigenvalue weighted by Crippen LogP contribution is -2.00. The molecule has 2 rings (SSSR count). The van der Waals surface area contributed by atoms with Crippen molar-refractivity contribution in [3.05, 3.63) is 39.8 Å². The summed E-state index contributed by atoms with van der Waals surface area (Å²) >= 11 is 1.70. The summed E-state index contributed by atoms with van der Waals surface area (Å²) in [5.41, 5.74) is 7.55. The number of nitrogen functional groups attached to an aromatic ring is 1. The normalized spacial score (nSPS) is 10.0. The van der Waals surface area contributed by atoms with E-state index in [0.29, 0.717) is 17.8 Å². The van der Waals surface area contributed by atoms with Crippen LogP contribution in [0.5, 0.6) is 0 Å².